The van der Waals surface area contributed by atoms with Gasteiger partial charge in [-0.15, -0.1) is 11.3 Å². The largest absolute Gasteiger partial charge is 0.478 e. The van der Waals surface area contributed by atoms with Gasteiger partial charge in [0.2, 0.25) is 11.7 Å². The molecule has 30 heavy (non-hydrogen) atoms. The number of nitrogens with one attached hydrogen (secondary N) is 3. The maximum atomic E-state index is 12.6. The van der Waals surface area contributed by atoms with Gasteiger partial charge in [-0.3, -0.25) is 9.59 Å². The van der Waals surface area contributed by atoms with Crippen LogP contribution < -0.4 is 16.0 Å². The number of carbonyl (C=O) groups is 4. The summed E-state index contributed by atoms with van der Waals surface area (Å²) < 4.78 is 0. The number of ketones is 1. The number of anilines is 2. The predicted octanol–water partition coefficient (Wildman–Crippen LogP) is 3.44. The van der Waals surface area contributed by atoms with Crippen LogP contribution >= 0.6 is 11.3 Å². The molecule has 0 fully saturated rings. The van der Waals surface area contributed by atoms with Gasteiger partial charge in [-0.25, -0.2) is 9.59 Å². The summed E-state index contributed by atoms with van der Waals surface area (Å²) in [7, 11) is 0. The minimum Gasteiger partial charge on any atom is -0.478 e. The number of carboxylic acid groups (broad SMARTS) is 1. The molecular weight excluding hydrogens is 406 g/mol. The van der Waals surface area contributed by atoms with Crippen LogP contribution in [-0.4, -0.2) is 35.3 Å². The summed E-state index contributed by atoms with van der Waals surface area (Å²) in [4.78, 5) is 48.3. The van der Waals surface area contributed by atoms with Gasteiger partial charge in [-0.2, -0.15) is 0 Å². The highest BCUT2D eigenvalue weighted by atomic mass is 32.1. The molecular formula is C21H17N3O5S. The van der Waals surface area contributed by atoms with Crippen LogP contribution in [0, 0.1) is 0 Å². The molecule has 2 aromatic carbocycles. The standard InChI is InChI=1S/C21H17N3O5S/c25-18(12-22-21(29)23-14-6-3-5-13(11-14)20(27)28)24-16-8-2-1-7-15(16)19(26)17-9-4-10-30-17/h1-11H,12H2,(H,24,25)(H,27,28)(H2,22,23,29). The van der Waals surface area contributed by atoms with Crippen molar-refractivity contribution in [2.75, 3.05) is 17.2 Å². The van der Waals surface area contributed by atoms with Gasteiger partial charge in [0, 0.05) is 11.3 Å². The summed E-state index contributed by atoms with van der Waals surface area (Å²) in [5.41, 5.74) is 0.998. The Hall–Kier alpha value is -3.98. The Bertz CT molecular complexity index is 1100. The zero-order valence-corrected chi connectivity index (χ0v) is 16.4. The van der Waals surface area contributed by atoms with E-state index < -0.39 is 17.9 Å². The molecule has 8 nitrogen and oxygen atoms in total. The van der Waals surface area contributed by atoms with Crippen LogP contribution in [0.15, 0.2) is 66.0 Å². The van der Waals surface area contributed by atoms with Crippen molar-refractivity contribution in [3.05, 3.63) is 82.0 Å². The van der Waals surface area contributed by atoms with E-state index in [9.17, 15) is 19.2 Å². The van der Waals surface area contributed by atoms with Gasteiger partial charge in [0.25, 0.3) is 0 Å². The fourth-order valence-electron chi connectivity index (χ4n) is 2.59. The molecule has 0 aliphatic rings. The molecule has 0 atom stereocenters. The Labute approximate surface area is 175 Å². The van der Waals surface area contributed by atoms with Crippen LogP contribution in [0.5, 0.6) is 0 Å². The highest BCUT2D eigenvalue weighted by Gasteiger charge is 2.16. The average molecular weight is 423 g/mol. The lowest BCUT2D eigenvalue weighted by Gasteiger charge is -2.11. The highest BCUT2D eigenvalue weighted by molar-refractivity contribution is 7.12. The van der Waals surface area contributed by atoms with Gasteiger partial charge in [-0.1, -0.05) is 24.3 Å². The molecule has 1 aromatic heterocycles. The zero-order valence-electron chi connectivity index (χ0n) is 15.5. The molecule has 0 bridgehead atoms. The number of rotatable bonds is 7. The molecule has 0 aliphatic carbocycles. The second-order valence-corrected chi connectivity index (χ2v) is 7.04. The smallest absolute Gasteiger partial charge is 0.335 e. The van der Waals surface area contributed by atoms with Crippen molar-refractivity contribution in [1.82, 2.24) is 5.32 Å². The summed E-state index contributed by atoms with van der Waals surface area (Å²) in [6, 6.07) is 15.1. The van der Waals surface area contributed by atoms with Crippen molar-refractivity contribution in [2.45, 2.75) is 0 Å². The number of carboxylic acids is 1. The Morgan fingerprint density at radius 3 is 2.43 bits per heavy atom. The third-order valence-corrected chi connectivity index (χ3v) is 4.84. The highest BCUT2D eigenvalue weighted by Crippen LogP contribution is 2.21. The fraction of sp³-hybridized carbons (Fsp3) is 0.0476. The Kier molecular flexibility index (Phi) is 6.56. The molecule has 0 radical (unpaired) electrons. The first-order valence-electron chi connectivity index (χ1n) is 8.79. The molecule has 9 heteroatoms. The number of thiophene rings is 1. The molecule has 3 aromatic rings. The average Bonchev–Trinajstić information content (AvgIpc) is 3.27. The van der Waals surface area contributed by atoms with Crippen molar-refractivity contribution >= 4 is 46.4 Å². The minimum absolute atomic E-state index is 0.0255. The number of amides is 3. The molecule has 3 amide bonds. The maximum absolute atomic E-state index is 12.6. The van der Waals surface area contributed by atoms with E-state index in [4.69, 9.17) is 5.11 Å². The molecule has 0 saturated heterocycles. The lowest BCUT2D eigenvalue weighted by Crippen LogP contribution is -2.36. The monoisotopic (exact) mass is 423 g/mol. The third-order valence-electron chi connectivity index (χ3n) is 3.97. The minimum atomic E-state index is -1.12. The zero-order chi connectivity index (χ0) is 21.5. The van der Waals surface area contributed by atoms with Crippen molar-refractivity contribution < 1.29 is 24.3 Å². The van der Waals surface area contributed by atoms with E-state index >= 15 is 0 Å². The lowest BCUT2D eigenvalue weighted by molar-refractivity contribution is -0.115. The third kappa shape index (κ3) is 5.30. The number of hydrogen-bond acceptors (Lipinski definition) is 5. The number of para-hydroxylation sites is 1. The molecule has 0 unspecified atom stereocenters. The lowest BCUT2D eigenvalue weighted by atomic mass is 10.1. The fourth-order valence-corrected chi connectivity index (χ4v) is 3.27. The summed E-state index contributed by atoms with van der Waals surface area (Å²) in [6.45, 7) is -0.341. The van der Waals surface area contributed by atoms with Gasteiger partial charge in [0.05, 0.1) is 22.7 Å². The van der Waals surface area contributed by atoms with E-state index in [1.54, 1.807) is 41.8 Å². The number of aromatic carboxylic acids is 1. The van der Waals surface area contributed by atoms with Crippen LogP contribution in [0.4, 0.5) is 16.2 Å². The molecule has 0 spiro atoms. The molecule has 3 rings (SSSR count). The number of carbonyl (C=O) groups excluding carboxylic acids is 3. The second-order valence-electron chi connectivity index (χ2n) is 6.09. The van der Waals surface area contributed by atoms with E-state index in [1.165, 1.54) is 35.6 Å². The Morgan fingerprint density at radius 1 is 0.900 bits per heavy atom. The SMILES string of the molecule is O=C(CNC(=O)Nc1cccc(C(=O)O)c1)Nc1ccccc1C(=O)c1cccs1. The van der Waals surface area contributed by atoms with Gasteiger partial charge < -0.3 is 21.1 Å². The normalized spacial score (nSPS) is 10.1. The summed E-state index contributed by atoms with van der Waals surface area (Å²) in [5.74, 6) is -1.84. The first kappa shape index (κ1) is 20.7. The van der Waals surface area contributed by atoms with E-state index in [1.807, 2.05) is 0 Å². The van der Waals surface area contributed by atoms with Crippen molar-refractivity contribution in [1.29, 1.82) is 0 Å². The van der Waals surface area contributed by atoms with E-state index in [2.05, 4.69) is 16.0 Å². The first-order valence-corrected chi connectivity index (χ1v) is 9.67. The first-order chi connectivity index (χ1) is 14.4. The van der Waals surface area contributed by atoms with Crippen molar-refractivity contribution in [2.24, 2.45) is 0 Å². The summed E-state index contributed by atoms with van der Waals surface area (Å²) >= 11 is 1.31. The van der Waals surface area contributed by atoms with E-state index in [0.29, 0.717) is 16.1 Å². The predicted molar refractivity (Wildman–Crippen MR) is 113 cm³/mol. The number of hydrogen-bond donors (Lipinski definition) is 4. The van der Waals surface area contributed by atoms with Crippen LogP contribution in [0.2, 0.25) is 0 Å². The van der Waals surface area contributed by atoms with Gasteiger partial charge >= 0.3 is 12.0 Å². The molecule has 0 aliphatic heterocycles. The van der Waals surface area contributed by atoms with Gasteiger partial charge in [-0.05, 0) is 41.8 Å². The van der Waals surface area contributed by atoms with E-state index in [-0.39, 0.29) is 23.6 Å². The van der Waals surface area contributed by atoms with Crippen molar-refractivity contribution in [3.8, 4) is 0 Å². The van der Waals surface area contributed by atoms with Crippen LogP contribution in [-0.2, 0) is 4.79 Å². The van der Waals surface area contributed by atoms with Crippen LogP contribution in [0.1, 0.15) is 25.6 Å². The topological polar surface area (TPSA) is 125 Å². The van der Waals surface area contributed by atoms with E-state index in [0.717, 1.165) is 0 Å². The second kappa shape index (κ2) is 9.48. The maximum Gasteiger partial charge on any atom is 0.335 e. The number of benzene rings is 2. The molecule has 152 valence electrons. The van der Waals surface area contributed by atoms with Crippen LogP contribution in [0.25, 0.3) is 0 Å². The molecule has 4 N–H and O–H groups in total. The number of urea groups is 1. The van der Waals surface area contributed by atoms with Crippen molar-refractivity contribution in [3.63, 3.8) is 0 Å². The van der Waals surface area contributed by atoms with Crippen LogP contribution in [0.3, 0.4) is 0 Å². The summed E-state index contributed by atoms with van der Waals surface area (Å²) in [6.07, 6.45) is 0. The Balaban J connectivity index is 1.58. The summed E-state index contributed by atoms with van der Waals surface area (Å²) in [5, 5.41) is 18.2. The molecule has 1 heterocycles. The van der Waals surface area contributed by atoms with Gasteiger partial charge in [0.1, 0.15) is 0 Å². The quantitative estimate of drug-likeness (QED) is 0.433. The Morgan fingerprint density at radius 2 is 1.70 bits per heavy atom. The van der Waals surface area contributed by atoms with Gasteiger partial charge in [0.15, 0.2) is 0 Å². The molecule has 0 saturated carbocycles.